The van der Waals surface area contributed by atoms with Crippen molar-refractivity contribution in [2.75, 3.05) is 0 Å². The fourth-order valence-electron chi connectivity index (χ4n) is 4.46. The van der Waals surface area contributed by atoms with Gasteiger partial charge in [0.15, 0.2) is 5.76 Å². The van der Waals surface area contributed by atoms with Crippen LogP contribution in [-0.2, 0) is 0 Å². The number of aromatic nitrogens is 1. The van der Waals surface area contributed by atoms with Gasteiger partial charge in [-0.2, -0.15) is 0 Å². The second-order valence-corrected chi connectivity index (χ2v) is 8.45. The average molecular weight is 455 g/mol. The van der Waals surface area contributed by atoms with E-state index in [-0.39, 0.29) is 11.9 Å². The third-order valence-corrected chi connectivity index (χ3v) is 6.18. The van der Waals surface area contributed by atoms with Gasteiger partial charge in [0.25, 0.3) is 5.91 Å². The van der Waals surface area contributed by atoms with Crippen molar-refractivity contribution in [1.82, 2.24) is 10.3 Å². The zero-order valence-corrected chi connectivity index (χ0v) is 18.9. The van der Waals surface area contributed by atoms with E-state index in [9.17, 15) is 4.79 Å². The minimum absolute atomic E-state index is 0.168. The number of nitrogens with one attached hydrogen (secondary N) is 1. The number of carbonyl (C=O) groups is 1. The number of pyridine rings is 1. The maximum Gasteiger partial charge on any atom is 0.252 e. The smallest absolute Gasteiger partial charge is 0.252 e. The number of benzene rings is 4. The fourth-order valence-corrected chi connectivity index (χ4v) is 4.46. The molecule has 0 fully saturated rings. The summed E-state index contributed by atoms with van der Waals surface area (Å²) in [4.78, 5) is 18.6. The Hall–Kier alpha value is -4.70. The Morgan fingerprint density at radius 2 is 1.34 bits per heavy atom. The van der Waals surface area contributed by atoms with E-state index in [2.05, 4.69) is 5.32 Å². The molecule has 0 bridgehead atoms. The number of carbonyl (C=O) groups excluding carboxylic acids is 1. The molecular formula is C31H22N2O2. The lowest BCUT2D eigenvalue weighted by molar-refractivity contribution is 0.0944. The van der Waals surface area contributed by atoms with Crippen molar-refractivity contribution in [3.63, 3.8) is 0 Å². The summed E-state index contributed by atoms with van der Waals surface area (Å²) < 4.78 is 6.06. The summed E-state index contributed by atoms with van der Waals surface area (Å²) in [5.41, 5.74) is 4.75. The third kappa shape index (κ3) is 4.06. The van der Waals surface area contributed by atoms with Crippen molar-refractivity contribution in [3.05, 3.63) is 138 Å². The van der Waals surface area contributed by atoms with Crippen LogP contribution in [0.25, 0.3) is 33.3 Å². The molecule has 35 heavy (non-hydrogen) atoms. The number of nitrogens with zero attached hydrogens (tertiary/aromatic N) is 1. The average Bonchev–Trinajstić information content (AvgIpc) is 3.36. The number of hydrogen-bond acceptors (Lipinski definition) is 3. The Kier molecular flexibility index (Phi) is 5.32. The molecule has 0 saturated carbocycles. The SMILES string of the molecule is O=C(NC(c1ccccc1)c1ccccc1)c1cc(-c2cc3ccccc3o2)nc2ccccc12. The van der Waals surface area contributed by atoms with E-state index in [4.69, 9.17) is 9.40 Å². The van der Waals surface area contributed by atoms with Crippen LogP contribution in [0.15, 0.2) is 126 Å². The molecule has 0 unspecified atom stereocenters. The molecule has 0 aliphatic carbocycles. The van der Waals surface area contributed by atoms with Crippen LogP contribution in [-0.4, -0.2) is 10.9 Å². The molecule has 4 aromatic carbocycles. The first-order valence-electron chi connectivity index (χ1n) is 11.6. The maximum atomic E-state index is 13.8. The van der Waals surface area contributed by atoms with E-state index in [1.54, 1.807) is 0 Å². The van der Waals surface area contributed by atoms with Gasteiger partial charge in [-0.15, -0.1) is 0 Å². The molecule has 0 atom stereocenters. The van der Waals surface area contributed by atoms with E-state index < -0.39 is 0 Å². The highest BCUT2D eigenvalue weighted by molar-refractivity contribution is 6.07. The van der Waals surface area contributed by atoms with Gasteiger partial charge in [0.2, 0.25) is 0 Å². The van der Waals surface area contributed by atoms with Gasteiger partial charge in [-0.1, -0.05) is 97.1 Å². The first kappa shape index (κ1) is 20.9. The molecule has 1 N–H and O–H groups in total. The molecule has 6 rings (SSSR count). The first-order valence-corrected chi connectivity index (χ1v) is 11.6. The predicted octanol–water partition coefficient (Wildman–Crippen LogP) is 7.17. The molecule has 0 saturated heterocycles. The highest BCUT2D eigenvalue weighted by atomic mass is 16.3. The van der Waals surface area contributed by atoms with Gasteiger partial charge in [0.05, 0.1) is 17.1 Å². The number of para-hydroxylation sites is 2. The minimum atomic E-state index is -0.286. The number of rotatable bonds is 5. The van der Waals surface area contributed by atoms with Crippen molar-refractivity contribution < 1.29 is 9.21 Å². The quantitative estimate of drug-likeness (QED) is 0.300. The number of fused-ring (bicyclic) bond motifs is 2. The summed E-state index contributed by atoms with van der Waals surface area (Å²) in [6, 6.07) is 39.1. The van der Waals surface area contributed by atoms with Gasteiger partial charge in [0.1, 0.15) is 11.3 Å². The number of hydrogen-bond donors (Lipinski definition) is 1. The Morgan fingerprint density at radius 3 is 2.06 bits per heavy atom. The Labute approximate surface area is 202 Å². The highest BCUT2D eigenvalue weighted by Crippen LogP contribution is 2.30. The van der Waals surface area contributed by atoms with E-state index in [1.165, 1.54) is 0 Å². The minimum Gasteiger partial charge on any atom is -0.454 e. The molecule has 1 amide bonds. The lowest BCUT2D eigenvalue weighted by atomic mass is 9.97. The van der Waals surface area contributed by atoms with Crippen LogP contribution >= 0.6 is 0 Å². The molecule has 168 valence electrons. The Bertz CT molecular complexity index is 1570. The molecule has 2 heterocycles. The van der Waals surface area contributed by atoms with Gasteiger partial charge in [-0.3, -0.25) is 4.79 Å². The predicted molar refractivity (Wildman–Crippen MR) is 139 cm³/mol. The number of furan rings is 1. The molecule has 0 spiro atoms. The van der Waals surface area contributed by atoms with Crippen LogP contribution in [0, 0.1) is 0 Å². The molecular weight excluding hydrogens is 432 g/mol. The van der Waals surface area contributed by atoms with Gasteiger partial charge >= 0.3 is 0 Å². The van der Waals surface area contributed by atoms with Gasteiger partial charge in [0, 0.05) is 10.8 Å². The third-order valence-electron chi connectivity index (χ3n) is 6.18. The molecule has 0 radical (unpaired) electrons. The standard InChI is InChI=1S/C31H22N2O2/c34-31(33-30(21-11-3-1-4-12-21)22-13-5-2-6-14-22)25-20-27(32-26-17-9-8-16-24(25)26)29-19-23-15-7-10-18-28(23)35-29/h1-20,30H,(H,33,34). The Morgan fingerprint density at radius 1 is 0.714 bits per heavy atom. The summed E-state index contributed by atoms with van der Waals surface area (Å²) in [5, 5.41) is 5.06. The summed E-state index contributed by atoms with van der Waals surface area (Å²) in [7, 11) is 0. The Balaban J connectivity index is 1.45. The van der Waals surface area contributed by atoms with Crippen molar-refractivity contribution in [2.45, 2.75) is 6.04 Å². The largest absolute Gasteiger partial charge is 0.454 e. The molecule has 0 aliphatic rings. The van der Waals surface area contributed by atoms with E-state index >= 15 is 0 Å². The van der Waals surface area contributed by atoms with E-state index in [0.29, 0.717) is 17.0 Å². The lowest BCUT2D eigenvalue weighted by Gasteiger charge is -2.20. The molecule has 4 nitrogen and oxygen atoms in total. The van der Waals surface area contributed by atoms with Gasteiger partial charge < -0.3 is 9.73 Å². The van der Waals surface area contributed by atoms with Gasteiger partial charge in [-0.05, 0) is 35.4 Å². The van der Waals surface area contributed by atoms with E-state index in [0.717, 1.165) is 33.0 Å². The summed E-state index contributed by atoms with van der Waals surface area (Å²) in [6.45, 7) is 0. The lowest BCUT2D eigenvalue weighted by Crippen LogP contribution is -2.29. The molecule has 6 aromatic rings. The van der Waals surface area contributed by atoms with Crippen LogP contribution in [0.4, 0.5) is 0 Å². The second-order valence-electron chi connectivity index (χ2n) is 8.45. The summed E-state index contributed by atoms with van der Waals surface area (Å²) in [6.07, 6.45) is 0. The zero-order valence-electron chi connectivity index (χ0n) is 18.9. The van der Waals surface area contributed by atoms with Crippen LogP contribution in [0.3, 0.4) is 0 Å². The zero-order chi connectivity index (χ0) is 23.6. The maximum absolute atomic E-state index is 13.8. The van der Waals surface area contributed by atoms with E-state index in [1.807, 2.05) is 121 Å². The normalized spacial score (nSPS) is 11.2. The summed E-state index contributed by atoms with van der Waals surface area (Å²) >= 11 is 0. The highest BCUT2D eigenvalue weighted by Gasteiger charge is 2.21. The molecule has 4 heteroatoms. The van der Waals surface area contributed by atoms with Crippen molar-refractivity contribution in [3.8, 4) is 11.5 Å². The van der Waals surface area contributed by atoms with Crippen molar-refractivity contribution in [1.29, 1.82) is 0 Å². The van der Waals surface area contributed by atoms with Crippen molar-refractivity contribution >= 4 is 27.8 Å². The first-order chi connectivity index (χ1) is 17.3. The fraction of sp³-hybridized carbons (Fsp3) is 0.0323. The molecule has 2 aromatic heterocycles. The monoisotopic (exact) mass is 454 g/mol. The van der Waals surface area contributed by atoms with Crippen LogP contribution in [0.1, 0.15) is 27.5 Å². The van der Waals surface area contributed by atoms with Crippen LogP contribution in [0.5, 0.6) is 0 Å². The molecule has 0 aliphatic heterocycles. The number of amides is 1. The van der Waals surface area contributed by atoms with Crippen LogP contribution in [0.2, 0.25) is 0 Å². The second kappa shape index (κ2) is 8.92. The summed E-state index contributed by atoms with van der Waals surface area (Å²) in [5.74, 6) is 0.465. The topological polar surface area (TPSA) is 55.1 Å². The van der Waals surface area contributed by atoms with Gasteiger partial charge in [-0.25, -0.2) is 4.98 Å². The van der Waals surface area contributed by atoms with Crippen LogP contribution < -0.4 is 5.32 Å². The van der Waals surface area contributed by atoms with Crippen molar-refractivity contribution in [2.24, 2.45) is 0 Å².